The molecule has 8 nitrogen and oxygen atoms in total. The Balaban J connectivity index is 2.81. The second-order valence-corrected chi connectivity index (χ2v) is 6.95. The molecule has 12 heteroatoms. The van der Waals surface area contributed by atoms with Crippen molar-refractivity contribution in [2.24, 2.45) is 0 Å². The lowest BCUT2D eigenvalue weighted by molar-refractivity contribution is -0.173. The molecular formula is C14H21F3N4O4S. The van der Waals surface area contributed by atoms with E-state index in [1.165, 1.54) is 30.8 Å². The summed E-state index contributed by atoms with van der Waals surface area (Å²) in [5.41, 5.74) is 0. The van der Waals surface area contributed by atoms with Gasteiger partial charge >= 0.3 is 6.18 Å². The van der Waals surface area contributed by atoms with Gasteiger partial charge in [-0.1, -0.05) is 0 Å². The number of Topliss-reactive ketones (excluding diaryl/α,β-unsaturated/α-hetero) is 1. The highest BCUT2D eigenvalue weighted by Crippen LogP contribution is 2.18. The van der Waals surface area contributed by atoms with E-state index < -0.39 is 54.2 Å². The lowest BCUT2D eigenvalue weighted by Crippen LogP contribution is -2.56. The van der Waals surface area contributed by atoms with Crippen molar-refractivity contribution in [1.29, 1.82) is 0 Å². The SMILES string of the molecule is C[C@H](NC(=O)[C@@H](CC(=O)N(C)C)NC(=O)[C@@H]1CSCN1)C(=O)C(F)(F)F. The Morgan fingerprint density at radius 3 is 2.31 bits per heavy atom. The van der Waals surface area contributed by atoms with Crippen LogP contribution in [0.1, 0.15) is 13.3 Å². The molecule has 3 amide bonds. The first kappa shape index (κ1) is 22.2. The van der Waals surface area contributed by atoms with E-state index in [2.05, 4.69) is 10.6 Å². The van der Waals surface area contributed by atoms with Crippen LogP contribution >= 0.6 is 11.8 Å². The Hall–Kier alpha value is -1.82. The van der Waals surface area contributed by atoms with Crippen LogP contribution in [0, 0.1) is 0 Å². The largest absolute Gasteiger partial charge is 0.452 e. The fourth-order valence-electron chi connectivity index (χ4n) is 2.03. The summed E-state index contributed by atoms with van der Waals surface area (Å²) in [7, 11) is 2.87. The number of halogens is 3. The molecule has 0 saturated carbocycles. The summed E-state index contributed by atoms with van der Waals surface area (Å²) >= 11 is 1.46. The number of hydrogen-bond acceptors (Lipinski definition) is 6. The van der Waals surface area contributed by atoms with Crippen molar-refractivity contribution in [1.82, 2.24) is 20.9 Å². The predicted octanol–water partition coefficient (Wildman–Crippen LogP) is -0.752. The fourth-order valence-corrected chi connectivity index (χ4v) is 2.97. The molecular weight excluding hydrogens is 377 g/mol. The van der Waals surface area contributed by atoms with Gasteiger partial charge in [-0.3, -0.25) is 24.5 Å². The Morgan fingerprint density at radius 1 is 1.23 bits per heavy atom. The number of carbonyl (C=O) groups is 4. The molecule has 1 rings (SSSR count). The predicted molar refractivity (Wildman–Crippen MR) is 88.2 cm³/mol. The van der Waals surface area contributed by atoms with Crippen molar-refractivity contribution in [3.05, 3.63) is 0 Å². The molecule has 0 bridgehead atoms. The number of nitrogens with one attached hydrogen (secondary N) is 3. The lowest BCUT2D eigenvalue weighted by atomic mass is 10.1. The number of alkyl halides is 3. The zero-order valence-corrected chi connectivity index (χ0v) is 15.3. The van der Waals surface area contributed by atoms with Gasteiger partial charge in [0.1, 0.15) is 6.04 Å². The van der Waals surface area contributed by atoms with Gasteiger partial charge in [-0.2, -0.15) is 13.2 Å². The van der Waals surface area contributed by atoms with Crippen LogP contribution in [0.5, 0.6) is 0 Å². The molecule has 0 aromatic carbocycles. The molecule has 3 atom stereocenters. The maximum absolute atomic E-state index is 12.4. The summed E-state index contributed by atoms with van der Waals surface area (Å²) in [4.78, 5) is 48.6. The molecule has 0 unspecified atom stereocenters. The van der Waals surface area contributed by atoms with Gasteiger partial charge in [0.2, 0.25) is 17.7 Å². The minimum Gasteiger partial charge on any atom is -0.349 e. The van der Waals surface area contributed by atoms with Crippen LogP contribution in [0.4, 0.5) is 13.2 Å². The first-order valence-corrected chi connectivity index (χ1v) is 8.82. The molecule has 1 heterocycles. The molecule has 1 saturated heterocycles. The van der Waals surface area contributed by atoms with E-state index in [4.69, 9.17) is 0 Å². The van der Waals surface area contributed by atoms with Gasteiger partial charge in [-0.15, -0.1) is 11.8 Å². The van der Waals surface area contributed by atoms with Crippen LogP contribution in [0.3, 0.4) is 0 Å². The first-order chi connectivity index (χ1) is 11.9. The number of thioether (sulfide) groups is 1. The van der Waals surface area contributed by atoms with Gasteiger partial charge in [0.05, 0.1) is 18.5 Å². The number of rotatable bonds is 7. The lowest BCUT2D eigenvalue weighted by Gasteiger charge is -2.23. The number of amides is 3. The Kier molecular flexibility index (Phi) is 7.87. The van der Waals surface area contributed by atoms with Gasteiger partial charge < -0.3 is 15.5 Å². The van der Waals surface area contributed by atoms with E-state index in [9.17, 15) is 32.3 Å². The standard InChI is InChI=1S/C14H21F3N4O4S/c1-7(11(23)14(15,16)17)19-12(24)8(4-10(22)21(2)3)20-13(25)9-5-26-6-18-9/h7-9,18H,4-6H2,1-3H3,(H,19,24)(H,20,25)/t7-,8+,9-/m0/s1. The van der Waals surface area contributed by atoms with Crippen molar-refractivity contribution >= 4 is 35.3 Å². The van der Waals surface area contributed by atoms with Crippen molar-refractivity contribution < 1.29 is 32.3 Å². The molecule has 148 valence electrons. The number of ketones is 1. The molecule has 0 aromatic heterocycles. The minimum absolute atomic E-state index is 0.447. The van der Waals surface area contributed by atoms with Gasteiger partial charge in [-0.05, 0) is 6.92 Å². The highest BCUT2D eigenvalue weighted by atomic mass is 32.2. The average molecular weight is 398 g/mol. The molecule has 3 N–H and O–H groups in total. The quantitative estimate of drug-likeness (QED) is 0.521. The average Bonchev–Trinajstić information content (AvgIpc) is 3.06. The van der Waals surface area contributed by atoms with E-state index in [0.29, 0.717) is 11.6 Å². The highest BCUT2D eigenvalue weighted by molar-refractivity contribution is 7.99. The van der Waals surface area contributed by atoms with Crippen LogP contribution in [0.2, 0.25) is 0 Å². The summed E-state index contributed by atoms with van der Waals surface area (Å²) < 4.78 is 37.3. The Bertz CT molecular complexity index is 565. The van der Waals surface area contributed by atoms with Crippen LogP contribution in [0.15, 0.2) is 0 Å². The maximum atomic E-state index is 12.4. The van der Waals surface area contributed by atoms with E-state index in [1.54, 1.807) is 0 Å². The first-order valence-electron chi connectivity index (χ1n) is 7.66. The van der Waals surface area contributed by atoms with Gasteiger partial charge in [0.15, 0.2) is 0 Å². The number of carbonyl (C=O) groups excluding carboxylic acids is 4. The van der Waals surface area contributed by atoms with Crippen molar-refractivity contribution in [3.8, 4) is 0 Å². The summed E-state index contributed by atoms with van der Waals surface area (Å²) in [6.45, 7) is 0.884. The molecule has 0 radical (unpaired) electrons. The normalized spacial score (nSPS) is 19.4. The van der Waals surface area contributed by atoms with Gasteiger partial charge in [0.25, 0.3) is 5.78 Å². The third-order valence-corrected chi connectivity index (χ3v) is 4.51. The smallest absolute Gasteiger partial charge is 0.349 e. The van der Waals surface area contributed by atoms with E-state index >= 15 is 0 Å². The fraction of sp³-hybridized carbons (Fsp3) is 0.714. The van der Waals surface area contributed by atoms with E-state index in [1.807, 2.05) is 5.32 Å². The molecule has 0 aliphatic carbocycles. The minimum atomic E-state index is -5.10. The second kappa shape index (κ2) is 9.21. The molecule has 1 fully saturated rings. The third-order valence-electron chi connectivity index (χ3n) is 3.57. The molecule has 26 heavy (non-hydrogen) atoms. The van der Waals surface area contributed by atoms with Gasteiger partial charge in [0, 0.05) is 25.7 Å². The topological polar surface area (TPSA) is 108 Å². The number of hydrogen-bond donors (Lipinski definition) is 3. The summed E-state index contributed by atoms with van der Waals surface area (Å²) in [5, 5.41) is 7.14. The van der Waals surface area contributed by atoms with E-state index in [0.717, 1.165) is 6.92 Å². The van der Waals surface area contributed by atoms with Crippen molar-refractivity contribution in [2.75, 3.05) is 25.7 Å². The zero-order chi connectivity index (χ0) is 20.1. The molecule has 1 aliphatic heterocycles. The molecule has 1 aliphatic rings. The highest BCUT2D eigenvalue weighted by Gasteiger charge is 2.42. The van der Waals surface area contributed by atoms with Crippen LogP contribution < -0.4 is 16.0 Å². The third kappa shape index (κ3) is 6.48. The van der Waals surface area contributed by atoms with Crippen LogP contribution in [-0.4, -0.2) is 78.4 Å². The van der Waals surface area contributed by atoms with E-state index in [-0.39, 0.29) is 0 Å². The second-order valence-electron chi connectivity index (χ2n) is 5.92. The molecule has 0 spiro atoms. The summed E-state index contributed by atoms with van der Waals surface area (Å²) in [5.74, 6) is -3.20. The van der Waals surface area contributed by atoms with Gasteiger partial charge in [-0.25, -0.2) is 0 Å². The number of nitrogens with zero attached hydrogens (tertiary/aromatic N) is 1. The van der Waals surface area contributed by atoms with Crippen LogP contribution in [-0.2, 0) is 19.2 Å². The molecule has 0 aromatic rings. The summed E-state index contributed by atoms with van der Waals surface area (Å²) in [6.07, 6.45) is -5.55. The van der Waals surface area contributed by atoms with Crippen molar-refractivity contribution in [3.63, 3.8) is 0 Å². The Morgan fingerprint density at radius 2 is 1.85 bits per heavy atom. The van der Waals surface area contributed by atoms with Crippen molar-refractivity contribution in [2.45, 2.75) is 37.6 Å². The maximum Gasteiger partial charge on any atom is 0.452 e. The Labute approximate surface area is 152 Å². The monoisotopic (exact) mass is 398 g/mol. The zero-order valence-electron chi connectivity index (χ0n) is 14.5. The summed E-state index contributed by atoms with van der Waals surface area (Å²) in [6, 6.07) is -3.80. The van der Waals surface area contributed by atoms with Crippen LogP contribution in [0.25, 0.3) is 0 Å².